The first-order chi connectivity index (χ1) is 8.47. The number of ether oxygens (including phenoxy) is 1. The third kappa shape index (κ3) is 3.41. The highest BCUT2D eigenvalue weighted by atomic mass is 32.1. The number of piperidine rings is 1. The molecule has 0 spiro atoms. The minimum atomic E-state index is -0.328. The van der Waals surface area contributed by atoms with Crippen LogP contribution in [0.3, 0.4) is 0 Å². The molecule has 2 rings (SSSR count). The normalized spacial score (nSPS) is 23.7. The van der Waals surface area contributed by atoms with Gasteiger partial charge in [0.1, 0.15) is 5.60 Å². The van der Waals surface area contributed by atoms with E-state index in [2.05, 4.69) is 31.8 Å². The minimum Gasteiger partial charge on any atom is -0.459 e. The lowest BCUT2D eigenvalue weighted by Gasteiger charge is -2.37. The highest BCUT2D eigenvalue weighted by molar-refractivity contribution is 7.80. The molecule has 1 aliphatic heterocycles. The molecule has 3 nitrogen and oxygen atoms in total. The first-order valence-corrected chi connectivity index (χ1v) is 7.64. The Hall–Kier alpha value is -0.220. The summed E-state index contributed by atoms with van der Waals surface area (Å²) in [4.78, 5) is 12.0. The van der Waals surface area contributed by atoms with Crippen molar-refractivity contribution in [1.29, 1.82) is 0 Å². The molecule has 4 heteroatoms. The predicted octanol–water partition coefficient (Wildman–Crippen LogP) is 2.41. The van der Waals surface area contributed by atoms with Crippen LogP contribution in [0.5, 0.6) is 0 Å². The van der Waals surface area contributed by atoms with Crippen LogP contribution in [0.4, 0.5) is 0 Å². The smallest absolute Gasteiger partial charge is 0.306 e. The van der Waals surface area contributed by atoms with Crippen molar-refractivity contribution >= 4 is 18.6 Å². The standard InChI is InChI=1S/C14H25NO2S/c1-13(2,11-3-7-15-8-4-11)17-12(16)9-14(10-18)5-6-14/h11,15,18H,3-10H2,1-2H3. The molecule has 0 aromatic carbocycles. The maximum atomic E-state index is 12.0. The van der Waals surface area contributed by atoms with E-state index in [9.17, 15) is 4.79 Å². The van der Waals surface area contributed by atoms with Gasteiger partial charge in [-0.05, 0) is 63.8 Å². The molecular formula is C14H25NO2S. The van der Waals surface area contributed by atoms with Gasteiger partial charge in [0.15, 0.2) is 0 Å². The Morgan fingerprint density at radius 1 is 1.39 bits per heavy atom. The van der Waals surface area contributed by atoms with Crippen molar-refractivity contribution in [3.8, 4) is 0 Å². The molecule has 0 unspecified atom stereocenters. The van der Waals surface area contributed by atoms with Crippen LogP contribution in [0.1, 0.15) is 46.0 Å². The van der Waals surface area contributed by atoms with Crippen molar-refractivity contribution in [2.45, 2.75) is 51.6 Å². The number of nitrogens with one attached hydrogen (secondary N) is 1. The topological polar surface area (TPSA) is 38.3 Å². The third-order valence-corrected chi connectivity index (χ3v) is 5.18. The zero-order chi connectivity index (χ0) is 13.2. The van der Waals surface area contributed by atoms with Gasteiger partial charge >= 0.3 is 5.97 Å². The van der Waals surface area contributed by atoms with Crippen LogP contribution in [-0.4, -0.2) is 30.4 Å². The summed E-state index contributed by atoms with van der Waals surface area (Å²) < 4.78 is 5.75. The Morgan fingerprint density at radius 3 is 2.50 bits per heavy atom. The second-order valence-electron chi connectivity index (χ2n) is 6.44. The molecule has 2 fully saturated rings. The largest absolute Gasteiger partial charge is 0.459 e. The maximum Gasteiger partial charge on any atom is 0.306 e. The van der Waals surface area contributed by atoms with E-state index in [1.165, 1.54) is 0 Å². The summed E-state index contributed by atoms with van der Waals surface area (Å²) in [6.07, 6.45) is 4.99. The van der Waals surface area contributed by atoms with Crippen LogP contribution in [0.2, 0.25) is 0 Å². The lowest BCUT2D eigenvalue weighted by atomic mass is 9.83. The summed E-state index contributed by atoms with van der Waals surface area (Å²) in [6, 6.07) is 0. The molecule has 0 atom stereocenters. The third-order valence-electron chi connectivity index (χ3n) is 4.51. The molecule has 1 N–H and O–H groups in total. The first-order valence-electron chi connectivity index (χ1n) is 7.01. The van der Waals surface area contributed by atoms with E-state index in [-0.39, 0.29) is 17.0 Å². The maximum absolute atomic E-state index is 12.0. The van der Waals surface area contributed by atoms with Crippen molar-refractivity contribution in [1.82, 2.24) is 5.32 Å². The molecular weight excluding hydrogens is 246 g/mol. The Labute approximate surface area is 115 Å². The monoisotopic (exact) mass is 271 g/mol. The Kier molecular flexibility index (Phi) is 4.27. The van der Waals surface area contributed by atoms with Gasteiger partial charge in [-0.15, -0.1) is 0 Å². The highest BCUT2D eigenvalue weighted by Gasteiger charge is 2.44. The van der Waals surface area contributed by atoms with Gasteiger partial charge in [-0.25, -0.2) is 0 Å². The van der Waals surface area contributed by atoms with Crippen molar-refractivity contribution < 1.29 is 9.53 Å². The second kappa shape index (κ2) is 5.41. The second-order valence-corrected chi connectivity index (χ2v) is 6.75. The number of rotatable bonds is 5. The molecule has 2 aliphatic rings. The van der Waals surface area contributed by atoms with Crippen molar-refractivity contribution in [2.24, 2.45) is 11.3 Å². The fourth-order valence-electron chi connectivity index (χ4n) is 2.80. The van der Waals surface area contributed by atoms with E-state index >= 15 is 0 Å². The predicted molar refractivity (Wildman–Crippen MR) is 75.9 cm³/mol. The molecule has 0 aromatic heterocycles. The van der Waals surface area contributed by atoms with E-state index in [0.717, 1.165) is 44.5 Å². The Morgan fingerprint density at radius 2 is 2.00 bits per heavy atom. The Bertz CT molecular complexity index is 307. The van der Waals surface area contributed by atoms with Gasteiger partial charge in [0.2, 0.25) is 0 Å². The van der Waals surface area contributed by atoms with Gasteiger partial charge in [-0.2, -0.15) is 12.6 Å². The molecule has 104 valence electrons. The molecule has 0 bridgehead atoms. The van der Waals surface area contributed by atoms with Crippen molar-refractivity contribution in [3.63, 3.8) is 0 Å². The highest BCUT2D eigenvalue weighted by Crippen LogP contribution is 2.50. The number of carbonyl (C=O) groups is 1. The fourth-order valence-corrected chi connectivity index (χ4v) is 3.23. The lowest BCUT2D eigenvalue weighted by Crippen LogP contribution is -2.43. The van der Waals surface area contributed by atoms with Crippen molar-refractivity contribution in [2.75, 3.05) is 18.8 Å². The van der Waals surface area contributed by atoms with Gasteiger partial charge in [0.05, 0.1) is 6.42 Å². The fraction of sp³-hybridized carbons (Fsp3) is 0.929. The van der Waals surface area contributed by atoms with Gasteiger partial charge in [-0.3, -0.25) is 4.79 Å². The van der Waals surface area contributed by atoms with E-state index in [1.807, 2.05) is 0 Å². The number of esters is 1. The molecule has 0 aromatic rings. The van der Waals surface area contributed by atoms with Crippen LogP contribution < -0.4 is 5.32 Å². The van der Waals surface area contributed by atoms with E-state index in [4.69, 9.17) is 4.74 Å². The first kappa shape index (κ1) is 14.2. The number of hydrogen-bond donors (Lipinski definition) is 2. The molecule has 1 saturated heterocycles. The average molecular weight is 271 g/mol. The van der Waals surface area contributed by atoms with Crippen LogP contribution in [0, 0.1) is 11.3 Å². The average Bonchev–Trinajstić information content (AvgIpc) is 3.10. The SMILES string of the molecule is CC(C)(OC(=O)CC1(CS)CC1)C1CCNCC1. The van der Waals surface area contributed by atoms with E-state index < -0.39 is 0 Å². The van der Waals surface area contributed by atoms with Crippen molar-refractivity contribution in [3.05, 3.63) is 0 Å². The summed E-state index contributed by atoms with van der Waals surface area (Å²) in [5, 5.41) is 3.35. The van der Waals surface area contributed by atoms with Gasteiger partial charge in [0, 0.05) is 5.92 Å². The number of thiol groups is 1. The van der Waals surface area contributed by atoms with Crippen LogP contribution in [0.15, 0.2) is 0 Å². The molecule has 0 radical (unpaired) electrons. The van der Waals surface area contributed by atoms with E-state index in [0.29, 0.717) is 12.3 Å². The molecule has 1 aliphatic carbocycles. The molecule has 0 amide bonds. The number of carbonyl (C=O) groups excluding carboxylic acids is 1. The zero-order valence-corrected chi connectivity index (χ0v) is 12.4. The quantitative estimate of drug-likeness (QED) is 0.596. The van der Waals surface area contributed by atoms with Gasteiger partial charge in [-0.1, -0.05) is 0 Å². The van der Waals surface area contributed by atoms with Gasteiger partial charge in [0.25, 0.3) is 0 Å². The molecule has 1 heterocycles. The number of hydrogen-bond acceptors (Lipinski definition) is 4. The van der Waals surface area contributed by atoms with E-state index in [1.54, 1.807) is 0 Å². The Balaban J connectivity index is 1.84. The lowest BCUT2D eigenvalue weighted by molar-refractivity contribution is -0.164. The summed E-state index contributed by atoms with van der Waals surface area (Å²) in [6.45, 7) is 6.18. The zero-order valence-electron chi connectivity index (χ0n) is 11.5. The summed E-state index contributed by atoms with van der Waals surface area (Å²) in [5.41, 5.74) is -0.170. The van der Waals surface area contributed by atoms with Crippen LogP contribution in [0.25, 0.3) is 0 Å². The summed E-state index contributed by atoms with van der Waals surface area (Å²) in [7, 11) is 0. The van der Waals surface area contributed by atoms with Gasteiger partial charge < -0.3 is 10.1 Å². The summed E-state index contributed by atoms with van der Waals surface area (Å²) >= 11 is 4.34. The summed E-state index contributed by atoms with van der Waals surface area (Å²) in [5.74, 6) is 1.24. The molecule has 18 heavy (non-hydrogen) atoms. The molecule has 1 saturated carbocycles. The minimum absolute atomic E-state index is 0.0370. The van der Waals surface area contributed by atoms with Crippen LogP contribution >= 0.6 is 12.6 Å². The van der Waals surface area contributed by atoms with Crippen LogP contribution in [-0.2, 0) is 9.53 Å².